The number of anilines is 1. The second kappa shape index (κ2) is 5.40. The first-order chi connectivity index (χ1) is 7.10. The molecule has 0 aliphatic heterocycles. The summed E-state index contributed by atoms with van der Waals surface area (Å²) in [5.74, 6) is 0.918. The van der Waals surface area contributed by atoms with E-state index in [0.717, 1.165) is 22.3 Å². The molecule has 0 aromatic heterocycles. The van der Waals surface area contributed by atoms with Gasteiger partial charge in [0.25, 0.3) is 0 Å². The Kier molecular flexibility index (Phi) is 4.45. The molecular formula is C12H18BrNO. The second-order valence-electron chi connectivity index (χ2n) is 3.68. The van der Waals surface area contributed by atoms with Crippen molar-refractivity contribution in [2.75, 3.05) is 19.1 Å². The van der Waals surface area contributed by atoms with Gasteiger partial charge in [0.05, 0.1) is 12.8 Å². The van der Waals surface area contributed by atoms with Crippen LogP contribution in [-0.4, -0.2) is 20.2 Å². The lowest BCUT2D eigenvalue weighted by Crippen LogP contribution is -2.28. The highest BCUT2D eigenvalue weighted by atomic mass is 79.9. The number of hydrogen-bond donors (Lipinski definition) is 0. The first-order valence-corrected chi connectivity index (χ1v) is 5.95. The van der Waals surface area contributed by atoms with Crippen LogP contribution in [0.4, 0.5) is 5.69 Å². The van der Waals surface area contributed by atoms with Crippen molar-refractivity contribution < 1.29 is 4.74 Å². The van der Waals surface area contributed by atoms with Gasteiger partial charge in [-0.2, -0.15) is 0 Å². The first-order valence-electron chi connectivity index (χ1n) is 5.16. The molecule has 84 valence electrons. The molecular weight excluding hydrogens is 254 g/mol. The molecule has 0 fully saturated rings. The van der Waals surface area contributed by atoms with Crippen molar-refractivity contribution >= 4 is 21.6 Å². The van der Waals surface area contributed by atoms with Crippen molar-refractivity contribution in [3.63, 3.8) is 0 Å². The van der Waals surface area contributed by atoms with Gasteiger partial charge >= 0.3 is 0 Å². The fourth-order valence-corrected chi connectivity index (χ4v) is 1.80. The van der Waals surface area contributed by atoms with Crippen LogP contribution in [0.1, 0.15) is 20.3 Å². The lowest BCUT2D eigenvalue weighted by Gasteiger charge is -2.27. The minimum absolute atomic E-state index is 0.508. The Morgan fingerprint density at radius 1 is 1.47 bits per heavy atom. The van der Waals surface area contributed by atoms with Gasteiger partial charge in [0.15, 0.2) is 0 Å². The van der Waals surface area contributed by atoms with Gasteiger partial charge in [-0.05, 0) is 31.5 Å². The Hall–Kier alpha value is -0.700. The first kappa shape index (κ1) is 12.4. The summed E-state index contributed by atoms with van der Waals surface area (Å²) >= 11 is 3.48. The van der Waals surface area contributed by atoms with Crippen LogP contribution in [0.15, 0.2) is 22.7 Å². The summed E-state index contributed by atoms with van der Waals surface area (Å²) < 4.78 is 6.43. The number of nitrogens with zero attached hydrogens (tertiary/aromatic N) is 1. The van der Waals surface area contributed by atoms with Crippen LogP contribution in [0.5, 0.6) is 5.75 Å². The highest BCUT2D eigenvalue weighted by Gasteiger charge is 2.12. The van der Waals surface area contributed by atoms with E-state index in [1.165, 1.54) is 0 Å². The molecule has 0 saturated carbocycles. The van der Waals surface area contributed by atoms with Crippen molar-refractivity contribution in [1.29, 1.82) is 0 Å². The molecule has 1 aromatic rings. The van der Waals surface area contributed by atoms with Gasteiger partial charge in [-0.1, -0.05) is 22.9 Å². The summed E-state index contributed by atoms with van der Waals surface area (Å²) in [5.41, 5.74) is 1.13. The van der Waals surface area contributed by atoms with E-state index < -0.39 is 0 Å². The molecule has 15 heavy (non-hydrogen) atoms. The molecule has 1 atom stereocenters. The van der Waals surface area contributed by atoms with Crippen molar-refractivity contribution in [1.82, 2.24) is 0 Å². The van der Waals surface area contributed by atoms with E-state index in [-0.39, 0.29) is 0 Å². The molecule has 0 heterocycles. The van der Waals surface area contributed by atoms with E-state index in [4.69, 9.17) is 4.74 Å². The topological polar surface area (TPSA) is 12.5 Å². The third kappa shape index (κ3) is 2.88. The van der Waals surface area contributed by atoms with E-state index in [1.807, 2.05) is 12.1 Å². The predicted molar refractivity (Wildman–Crippen MR) is 68.9 cm³/mol. The molecule has 0 aliphatic rings. The lowest BCUT2D eigenvalue weighted by atomic mass is 10.2. The van der Waals surface area contributed by atoms with Gasteiger partial charge in [0.1, 0.15) is 5.75 Å². The van der Waals surface area contributed by atoms with Gasteiger partial charge in [-0.15, -0.1) is 0 Å². The summed E-state index contributed by atoms with van der Waals surface area (Å²) in [6.07, 6.45) is 1.12. The molecule has 0 spiro atoms. The molecule has 1 aromatic carbocycles. The number of halogens is 1. The Morgan fingerprint density at radius 2 is 2.13 bits per heavy atom. The Balaban J connectivity index is 3.05. The summed E-state index contributed by atoms with van der Waals surface area (Å²) in [6, 6.07) is 6.57. The molecule has 0 saturated heterocycles. The molecule has 1 rings (SSSR count). The highest BCUT2D eigenvalue weighted by Crippen LogP contribution is 2.31. The van der Waals surface area contributed by atoms with Crippen molar-refractivity contribution in [2.45, 2.75) is 26.3 Å². The van der Waals surface area contributed by atoms with Crippen LogP contribution in [0, 0.1) is 0 Å². The number of rotatable bonds is 4. The zero-order chi connectivity index (χ0) is 11.4. The number of hydrogen-bond acceptors (Lipinski definition) is 2. The SMILES string of the molecule is CCC(C)N(C)c1cc(Br)ccc1OC. The highest BCUT2D eigenvalue weighted by molar-refractivity contribution is 9.10. The average Bonchev–Trinajstić information content (AvgIpc) is 2.27. The van der Waals surface area contributed by atoms with Gasteiger partial charge in [0, 0.05) is 17.6 Å². The fourth-order valence-electron chi connectivity index (χ4n) is 1.45. The molecule has 0 radical (unpaired) electrons. The van der Waals surface area contributed by atoms with Gasteiger partial charge in [-0.25, -0.2) is 0 Å². The zero-order valence-corrected chi connectivity index (χ0v) is 11.3. The van der Waals surface area contributed by atoms with E-state index >= 15 is 0 Å². The van der Waals surface area contributed by atoms with Gasteiger partial charge < -0.3 is 9.64 Å². The lowest BCUT2D eigenvalue weighted by molar-refractivity contribution is 0.413. The summed E-state index contributed by atoms with van der Waals surface area (Å²) in [5, 5.41) is 0. The molecule has 0 N–H and O–H groups in total. The maximum Gasteiger partial charge on any atom is 0.142 e. The molecule has 0 aliphatic carbocycles. The molecule has 2 nitrogen and oxygen atoms in total. The number of benzene rings is 1. The smallest absolute Gasteiger partial charge is 0.142 e. The minimum atomic E-state index is 0.508. The Morgan fingerprint density at radius 3 is 2.67 bits per heavy atom. The van der Waals surface area contributed by atoms with E-state index in [2.05, 4.69) is 47.8 Å². The Bertz CT molecular complexity index is 327. The minimum Gasteiger partial charge on any atom is -0.495 e. The normalized spacial score (nSPS) is 12.3. The predicted octanol–water partition coefficient (Wildman–Crippen LogP) is 3.69. The second-order valence-corrected chi connectivity index (χ2v) is 4.60. The molecule has 3 heteroatoms. The fraction of sp³-hybridized carbons (Fsp3) is 0.500. The van der Waals surface area contributed by atoms with E-state index in [9.17, 15) is 0 Å². The van der Waals surface area contributed by atoms with E-state index in [1.54, 1.807) is 7.11 Å². The largest absolute Gasteiger partial charge is 0.495 e. The van der Waals surface area contributed by atoms with Crippen LogP contribution >= 0.6 is 15.9 Å². The average molecular weight is 272 g/mol. The van der Waals surface area contributed by atoms with Crippen LogP contribution in [0.2, 0.25) is 0 Å². The zero-order valence-electron chi connectivity index (χ0n) is 9.75. The quantitative estimate of drug-likeness (QED) is 0.828. The summed E-state index contributed by atoms with van der Waals surface area (Å²) in [6.45, 7) is 4.39. The maximum absolute atomic E-state index is 5.35. The summed E-state index contributed by atoms with van der Waals surface area (Å²) in [7, 11) is 3.80. The van der Waals surface area contributed by atoms with Crippen molar-refractivity contribution in [3.8, 4) is 5.75 Å². The van der Waals surface area contributed by atoms with Crippen molar-refractivity contribution in [2.24, 2.45) is 0 Å². The molecule has 0 amide bonds. The molecule has 0 bridgehead atoms. The van der Waals surface area contributed by atoms with Crippen LogP contribution in [0.25, 0.3) is 0 Å². The van der Waals surface area contributed by atoms with Crippen molar-refractivity contribution in [3.05, 3.63) is 22.7 Å². The van der Waals surface area contributed by atoms with Gasteiger partial charge in [-0.3, -0.25) is 0 Å². The molecule has 1 unspecified atom stereocenters. The van der Waals surface area contributed by atoms with Crippen LogP contribution in [0.3, 0.4) is 0 Å². The summed E-state index contributed by atoms with van der Waals surface area (Å²) in [4.78, 5) is 2.24. The third-order valence-electron chi connectivity index (χ3n) is 2.77. The standard InChI is InChI=1S/C12H18BrNO/c1-5-9(2)14(3)11-8-10(13)6-7-12(11)15-4/h6-9H,5H2,1-4H3. The maximum atomic E-state index is 5.35. The Labute approximate surface area is 100 Å². The third-order valence-corrected chi connectivity index (χ3v) is 3.27. The van der Waals surface area contributed by atoms with Crippen LogP contribution in [-0.2, 0) is 0 Å². The van der Waals surface area contributed by atoms with E-state index in [0.29, 0.717) is 6.04 Å². The van der Waals surface area contributed by atoms with Crippen LogP contribution < -0.4 is 9.64 Å². The number of ether oxygens (including phenoxy) is 1. The number of methoxy groups -OCH3 is 1. The van der Waals surface area contributed by atoms with Gasteiger partial charge in [0.2, 0.25) is 0 Å². The monoisotopic (exact) mass is 271 g/mol.